The number of benzene rings is 1. The van der Waals surface area contributed by atoms with Crippen LogP contribution in [0, 0.1) is 22.6 Å². The average Bonchev–Trinajstić information content (AvgIpc) is 3.07. The second kappa shape index (κ2) is 8.55. The molecule has 0 aliphatic carbocycles. The van der Waals surface area contributed by atoms with Crippen molar-refractivity contribution in [2.75, 3.05) is 13.1 Å². The molecule has 0 spiro atoms. The van der Waals surface area contributed by atoms with E-state index < -0.39 is 11.5 Å². The van der Waals surface area contributed by atoms with E-state index in [1.807, 2.05) is 18.7 Å². The highest BCUT2D eigenvalue weighted by atomic mass is 19.1. The molecular weight excluding hydrogens is 378 g/mol. The number of halogens is 2. The van der Waals surface area contributed by atoms with Gasteiger partial charge in [-0.2, -0.15) is 10.4 Å². The van der Waals surface area contributed by atoms with E-state index in [0.717, 1.165) is 17.4 Å². The Kier molecular flexibility index (Phi) is 6.11. The molecule has 0 saturated carbocycles. The molecule has 0 unspecified atom stereocenters. The van der Waals surface area contributed by atoms with Crippen LogP contribution in [0.25, 0.3) is 10.9 Å². The van der Waals surface area contributed by atoms with Gasteiger partial charge in [0.05, 0.1) is 11.6 Å². The summed E-state index contributed by atoms with van der Waals surface area (Å²) in [5.74, 6) is 0.370. The Hall–Kier alpha value is -3.02. The lowest BCUT2D eigenvalue weighted by Gasteiger charge is -2.34. The maximum absolute atomic E-state index is 14.2. The van der Waals surface area contributed by atoms with Crippen molar-refractivity contribution in [3.8, 4) is 11.8 Å². The van der Waals surface area contributed by atoms with Crippen LogP contribution in [-0.4, -0.2) is 52.1 Å². The molecule has 0 atom stereocenters. The van der Waals surface area contributed by atoms with Gasteiger partial charge in [-0.3, -0.25) is 10.5 Å². The summed E-state index contributed by atoms with van der Waals surface area (Å²) in [4.78, 5) is 6.04. The van der Waals surface area contributed by atoms with Crippen LogP contribution in [0.1, 0.15) is 38.8 Å². The standard InChI is InChI=1S/C20H24F2N6O/c1-13(2)29-18-9-14-16(26-27-17(14)10-15(18)21)3-4-19(25-12-24)28-7-5-20(22,11-23)6-8-28/h9-10,12-13,24H,3-8H2,1-2H3,(H,26,27). The summed E-state index contributed by atoms with van der Waals surface area (Å²) in [6.07, 6.45) is 2.07. The van der Waals surface area contributed by atoms with Crippen molar-refractivity contribution >= 4 is 23.1 Å². The molecule has 9 heteroatoms. The van der Waals surface area contributed by atoms with Crippen LogP contribution in [0.3, 0.4) is 0 Å². The fourth-order valence-electron chi connectivity index (χ4n) is 3.45. The molecule has 1 fully saturated rings. The molecule has 2 aromatic rings. The van der Waals surface area contributed by atoms with Crippen molar-refractivity contribution in [1.29, 1.82) is 10.7 Å². The molecule has 29 heavy (non-hydrogen) atoms. The summed E-state index contributed by atoms with van der Waals surface area (Å²) >= 11 is 0. The summed E-state index contributed by atoms with van der Waals surface area (Å²) in [6, 6.07) is 4.72. The van der Waals surface area contributed by atoms with Crippen molar-refractivity contribution in [3.63, 3.8) is 0 Å². The molecule has 0 radical (unpaired) electrons. The van der Waals surface area contributed by atoms with E-state index >= 15 is 0 Å². The predicted molar refractivity (Wildman–Crippen MR) is 107 cm³/mol. The second-order valence-electron chi connectivity index (χ2n) is 7.41. The first kappa shape index (κ1) is 20.7. The van der Waals surface area contributed by atoms with Crippen molar-refractivity contribution in [3.05, 3.63) is 23.6 Å². The third-order valence-corrected chi connectivity index (χ3v) is 4.98. The molecule has 1 aromatic heterocycles. The zero-order chi connectivity index (χ0) is 21.0. The highest BCUT2D eigenvalue weighted by molar-refractivity contribution is 5.89. The van der Waals surface area contributed by atoms with Crippen LogP contribution in [0.15, 0.2) is 17.1 Å². The quantitative estimate of drug-likeness (QED) is 0.567. The lowest BCUT2D eigenvalue weighted by molar-refractivity contribution is 0.139. The topological polar surface area (TPSA) is 101 Å². The van der Waals surface area contributed by atoms with E-state index in [0.29, 0.717) is 37.3 Å². The first-order chi connectivity index (χ1) is 13.8. The van der Waals surface area contributed by atoms with Gasteiger partial charge in [0.1, 0.15) is 18.2 Å². The number of aliphatic imine (C=N–C) groups is 1. The number of likely N-dealkylation sites (tertiary alicyclic amines) is 1. The molecule has 154 valence electrons. The minimum Gasteiger partial charge on any atom is -0.488 e. The van der Waals surface area contributed by atoms with Gasteiger partial charge in [-0.25, -0.2) is 13.8 Å². The fourth-order valence-corrected chi connectivity index (χ4v) is 3.45. The number of alkyl halides is 1. The van der Waals surface area contributed by atoms with E-state index in [2.05, 4.69) is 15.2 Å². The third kappa shape index (κ3) is 4.70. The predicted octanol–water partition coefficient (Wildman–Crippen LogP) is 3.76. The Morgan fingerprint density at radius 2 is 2.21 bits per heavy atom. The lowest BCUT2D eigenvalue weighted by Crippen LogP contribution is -2.44. The summed E-state index contributed by atoms with van der Waals surface area (Å²) in [7, 11) is 0. The number of fused-ring (bicyclic) bond motifs is 1. The summed E-state index contributed by atoms with van der Waals surface area (Å²) in [5, 5.41) is 24.1. The number of aryl methyl sites for hydroxylation is 1. The molecule has 7 nitrogen and oxygen atoms in total. The van der Waals surface area contributed by atoms with Crippen LogP contribution in [0.4, 0.5) is 8.78 Å². The molecule has 2 heterocycles. The van der Waals surface area contributed by atoms with Gasteiger partial charge in [-0.15, -0.1) is 0 Å². The summed E-state index contributed by atoms with van der Waals surface area (Å²) in [6.45, 7) is 4.41. The number of hydrogen-bond acceptors (Lipinski definition) is 4. The molecular formula is C20H24F2N6O. The normalized spacial score (nSPS) is 16.8. The summed E-state index contributed by atoms with van der Waals surface area (Å²) in [5.41, 5.74) is -0.475. The Morgan fingerprint density at radius 3 is 2.83 bits per heavy atom. The number of rotatable bonds is 6. The van der Waals surface area contributed by atoms with Crippen molar-refractivity contribution in [1.82, 2.24) is 15.1 Å². The highest BCUT2D eigenvalue weighted by Gasteiger charge is 2.35. The number of aromatic nitrogens is 2. The number of aromatic amines is 1. The van der Waals surface area contributed by atoms with Gasteiger partial charge in [0.25, 0.3) is 0 Å². The largest absolute Gasteiger partial charge is 0.488 e. The molecule has 3 rings (SSSR count). The minimum atomic E-state index is -1.79. The van der Waals surface area contributed by atoms with Gasteiger partial charge in [-0.1, -0.05) is 0 Å². The van der Waals surface area contributed by atoms with Gasteiger partial charge in [0, 0.05) is 49.5 Å². The molecule has 1 aliphatic rings. The molecule has 1 saturated heterocycles. The van der Waals surface area contributed by atoms with E-state index in [1.165, 1.54) is 6.07 Å². The van der Waals surface area contributed by atoms with Crippen LogP contribution < -0.4 is 4.74 Å². The van der Waals surface area contributed by atoms with Gasteiger partial charge >= 0.3 is 0 Å². The number of H-pyrrole nitrogens is 1. The van der Waals surface area contributed by atoms with Crippen molar-refractivity contribution in [2.45, 2.75) is 51.3 Å². The Bertz CT molecular complexity index is 954. The number of hydrogen-bond donors (Lipinski definition) is 2. The van der Waals surface area contributed by atoms with Crippen molar-refractivity contribution < 1.29 is 13.5 Å². The average molecular weight is 402 g/mol. The zero-order valence-electron chi connectivity index (χ0n) is 16.5. The van der Waals surface area contributed by atoms with E-state index in [-0.39, 0.29) is 24.7 Å². The maximum Gasteiger partial charge on any atom is 0.199 e. The Morgan fingerprint density at radius 1 is 1.48 bits per heavy atom. The van der Waals surface area contributed by atoms with E-state index in [1.54, 1.807) is 12.1 Å². The molecule has 0 bridgehead atoms. The number of piperidine rings is 1. The lowest BCUT2D eigenvalue weighted by atomic mass is 9.94. The molecule has 0 amide bonds. The SMILES string of the molecule is CC(C)Oc1cc2c(CCC(=NC=N)N3CCC(F)(C#N)CC3)[nH]nc2cc1F. The number of nitrogens with zero attached hydrogens (tertiary/aromatic N) is 4. The second-order valence-corrected chi connectivity index (χ2v) is 7.41. The summed E-state index contributed by atoms with van der Waals surface area (Å²) < 4.78 is 33.8. The molecule has 1 aliphatic heterocycles. The smallest absolute Gasteiger partial charge is 0.199 e. The van der Waals surface area contributed by atoms with Crippen molar-refractivity contribution in [2.24, 2.45) is 4.99 Å². The Balaban J connectivity index is 1.75. The van der Waals surface area contributed by atoms with Gasteiger partial charge in [0.15, 0.2) is 17.2 Å². The Labute approximate surface area is 167 Å². The van der Waals surface area contributed by atoms with Gasteiger partial charge < -0.3 is 9.64 Å². The molecule has 1 aromatic carbocycles. The molecule has 2 N–H and O–H groups in total. The number of ether oxygens (including phenoxy) is 1. The monoisotopic (exact) mass is 402 g/mol. The fraction of sp³-hybridized carbons (Fsp3) is 0.500. The zero-order valence-corrected chi connectivity index (χ0v) is 16.5. The minimum absolute atomic E-state index is 0.114. The maximum atomic E-state index is 14.2. The van der Waals surface area contributed by atoms with Crippen LogP contribution >= 0.6 is 0 Å². The first-order valence-electron chi connectivity index (χ1n) is 9.59. The van der Waals surface area contributed by atoms with Crippen LogP contribution in [-0.2, 0) is 6.42 Å². The van der Waals surface area contributed by atoms with Gasteiger partial charge in [-0.05, 0) is 26.3 Å². The third-order valence-electron chi connectivity index (χ3n) is 4.98. The highest BCUT2D eigenvalue weighted by Crippen LogP contribution is 2.29. The first-order valence-corrected chi connectivity index (χ1v) is 9.59. The van der Waals surface area contributed by atoms with Gasteiger partial charge in [0.2, 0.25) is 0 Å². The van der Waals surface area contributed by atoms with E-state index in [9.17, 15) is 8.78 Å². The number of nitrogens with one attached hydrogen (secondary N) is 2. The van der Waals surface area contributed by atoms with Crippen LogP contribution in [0.2, 0.25) is 0 Å². The van der Waals surface area contributed by atoms with E-state index in [4.69, 9.17) is 15.4 Å². The number of amidine groups is 1. The van der Waals surface area contributed by atoms with Crippen LogP contribution in [0.5, 0.6) is 5.75 Å². The number of nitriles is 1.